The third kappa shape index (κ3) is 2.53. The number of aliphatic hydroxyl groups excluding tert-OH is 1. The molecule has 1 atom stereocenters. The van der Waals surface area contributed by atoms with E-state index in [0.717, 1.165) is 45.6 Å². The van der Waals surface area contributed by atoms with E-state index >= 15 is 0 Å². The van der Waals surface area contributed by atoms with Crippen molar-refractivity contribution in [2.24, 2.45) is 0 Å². The zero-order valence-corrected chi connectivity index (χ0v) is 9.69. The second-order valence-corrected chi connectivity index (χ2v) is 4.49. The smallest absolute Gasteiger partial charge is 0.240 e. The Hall–Kier alpha value is -0.650. The highest BCUT2D eigenvalue weighted by molar-refractivity contribution is 5.82. The molecule has 1 unspecified atom stereocenters. The number of hydrogen-bond donors (Lipinski definition) is 2. The summed E-state index contributed by atoms with van der Waals surface area (Å²) >= 11 is 0. The third-order valence-corrected chi connectivity index (χ3v) is 3.46. The first-order chi connectivity index (χ1) is 7.83. The number of aliphatic hydroxyl groups is 1. The van der Waals surface area contributed by atoms with E-state index in [1.165, 1.54) is 0 Å². The molecule has 2 aliphatic rings. The molecule has 0 bridgehead atoms. The molecule has 0 aliphatic carbocycles. The first-order valence-corrected chi connectivity index (χ1v) is 6.17. The first-order valence-electron chi connectivity index (χ1n) is 6.17. The normalized spacial score (nSPS) is 27.3. The van der Waals surface area contributed by atoms with Crippen LogP contribution in [-0.4, -0.2) is 72.7 Å². The summed E-state index contributed by atoms with van der Waals surface area (Å²) in [6, 6.07) is 0.0187. The molecule has 0 radical (unpaired) electrons. The van der Waals surface area contributed by atoms with Crippen molar-refractivity contribution >= 4 is 5.91 Å². The van der Waals surface area contributed by atoms with Crippen molar-refractivity contribution < 1.29 is 9.90 Å². The quantitative estimate of drug-likeness (QED) is 0.641. The number of amides is 1. The number of likely N-dealkylation sites (tertiary alicyclic amines) is 1. The summed E-state index contributed by atoms with van der Waals surface area (Å²) in [6.45, 7) is 5.17. The van der Waals surface area contributed by atoms with Gasteiger partial charge < -0.3 is 15.3 Å². The van der Waals surface area contributed by atoms with E-state index in [4.69, 9.17) is 5.11 Å². The molecule has 0 aromatic carbocycles. The molecule has 16 heavy (non-hydrogen) atoms. The van der Waals surface area contributed by atoms with Gasteiger partial charge in [0.25, 0.3) is 0 Å². The summed E-state index contributed by atoms with van der Waals surface area (Å²) in [5.74, 6) is 0.257. The van der Waals surface area contributed by atoms with Crippen molar-refractivity contribution in [2.45, 2.75) is 18.9 Å². The lowest BCUT2D eigenvalue weighted by atomic mass is 10.2. The third-order valence-electron chi connectivity index (χ3n) is 3.46. The van der Waals surface area contributed by atoms with E-state index in [2.05, 4.69) is 10.2 Å². The molecule has 2 fully saturated rings. The molecule has 0 aromatic heterocycles. The minimum absolute atomic E-state index is 0.0187. The highest BCUT2D eigenvalue weighted by Gasteiger charge is 2.33. The Balaban J connectivity index is 1.91. The van der Waals surface area contributed by atoms with Gasteiger partial charge in [-0.2, -0.15) is 0 Å². The molecule has 2 aliphatic heterocycles. The Morgan fingerprint density at radius 1 is 1.31 bits per heavy atom. The second kappa shape index (κ2) is 5.61. The van der Waals surface area contributed by atoms with E-state index in [9.17, 15) is 4.79 Å². The Bertz CT molecular complexity index is 241. The molecular formula is C11H21N3O2. The maximum atomic E-state index is 12.3. The molecule has 2 saturated heterocycles. The number of hydrogen-bond acceptors (Lipinski definition) is 4. The van der Waals surface area contributed by atoms with Crippen molar-refractivity contribution in [3.63, 3.8) is 0 Å². The maximum absolute atomic E-state index is 12.3. The number of piperazine rings is 1. The largest absolute Gasteiger partial charge is 0.395 e. The van der Waals surface area contributed by atoms with Gasteiger partial charge in [-0.25, -0.2) is 0 Å². The van der Waals surface area contributed by atoms with E-state index in [0.29, 0.717) is 6.54 Å². The molecule has 5 heteroatoms. The predicted octanol–water partition coefficient (Wildman–Crippen LogP) is -1.13. The zero-order valence-electron chi connectivity index (χ0n) is 9.69. The number of β-amino-alcohol motifs (C(OH)–C–C–N with tert-alkyl or cyclic N) is 1. The highest BCUT2D eigenvalue weighted by atomic mass is 16.3. The molecule has 5 nitrogen and oxygen atoms in total. The molecule has 0 aromatic rings. The SMILES string of the molecule is O=C(C1CCCN1CCO)N1CCNCC1. The average Bonchev–Trinajstić information content (AvgIpc) is 2.78. The van der Waals surface area contributed by atoms with Gasteiger partial charge in [0.1, 0.15) is 0 Å². The number of carbonyl (C=O) groups is 1. The van der Waals surface area contributed by atoms with Crippen molar-refractivity contribution in [1.29, 1.82) is 0 Å². The summed E-state index contributed by atoms with van der Waals surface area (Å²) in [5, 5.41) is 12.2. The van der Waals surface area contributed by atoms with Gasteiger partial charge in [0.15, 0.2) is 0 Å². The molecule has 92 valence electrons. The van der Waals surface area contributed by atoms with Gasteiger partial charge in [0.05, 0.1) is 12.6 Å². The molecule has 0 spiro atoms. The monoisotopic (exact) mass is 227 g/mol. The van der Waals surface area contributed by atoms with Crippen LogP contribution in [0.4, 0.5) is 0 Å². The highest BCUT2D eigenvalue weighted by Crippen LogP contribution is 2.18. The second-order valence-electron chi connectivity index (χ2n) is 4.49. The van der Waals surface area contributed by atoms with Crippen LogP contribution in [0.25, 0.3) is 0 Å². The Morgan fingerprint density at radius 2 is 2.06 bits per heavy atom. The minimum Gasteiger partial charge on any atom is -0.395 e. The first kappa shape index (κ1) is 11.8. The lowest BCUT2D eigenvalue weighted by Crippen LogP contribution is -2.52. The van der Waals surface area contributed by atoms with E-state index in [-0.39, 0.29) is 18.6 Å². The van der Waals surface area contributed by atoms with E-state index < -0.39 is 0 Å². The lowest BCUT2D eigenvalue weighted by Gasteiger charge is -2.32. The van der Waals surface area contributed by atoms with Gasteiger partial charge in [-0.05, 0) is 19.4 Å². The van der Waals surface area contributed by atoms with Gasteiger partial charge in [-0.3, -0.25) is 9.69 Å². The van der Waals surface area contributed by atoms with Crippen LogP contribution in [0.5, 0.6) is 0 Å². The van der Waals surface area contributed by atoms with Crippen molar-refractivity contribution in [3.8, 4) is 0 Å². The fourth-order valence-electron chi connectivity index (χ4n) is 2.60. The van der Waals surface area contributed by atoms with Gasteiger partial charge in [0, 0.05) is 32.7 Å². The Kier molecular flexibility index (Phi) is 4.15. The standard InChI is InChI=1S/C11H21N3O2/c15-9-8-13-5-1-2-10(13)11(16)14-6-3-12-4-7-14/h10,12,15H,1-9H2. The molecule has 1 amide bonds. The number of nitrogens with one attached hydrogen (secondary N) is 1. The fourth-order valence-corrected chi connectivity index (χ4v) is 2.60. The Morgan fingerprint density at radius 3 is 2.75 bits per heavy atom. The summed E-state index contributed by atoms with van der Waals surface area (Å²) in [5.41, 5.74) is 0. The van der Waals surface area contributed by atoms with E-state index in [1.807, 2.05) is 4.90 Å². The van der Waals surface area contributed by atoms with Crippen LogP contribution in [0.2, 0.25) is 0 Å². The van der Waals surface area contributed by atoms with Gasteiger partial charge in [-0.1, -0.05) is 0 Å². The van der Waals surface area contributed by atoms with Crippen LogP contribution in [0.1, 0.15) is 12.8 Å². The van der Waals surface area contributed by atoms with Crippen LogP contribution in [0, 0.1) is 0 Å². The summed E-state index contributed by atoms with van der Waals surface area (Å²) in [4.78, 5) is 16.3. The lowest BCUT2D eigenvalue weighted by molar-refractivity contribution is -0.136. The summed E-state index contributed by atoms with van der Waals surface area (Å²) in [7, 11) is 0. The number of carbonyl (C=O) groups excluding carboxylic acids is 1. The average molecular weight is 227 g/mol. The van der Waals surface area contributed by atoms with Crippen LogP contribution < -0.4 is 5.32 Å². The maximum Gasteiger partial charge on any atom is 0.240 e. The topological polar surface area (TPSA) is 55.8 Å². The molecule has 2 N–H and O–H groups in total. The molecule has 0 saturated carbocycles. The van der Waals surface area contributed by atoms with Gasteiger partial charge >= 0.3 is 0 Å². The summed E-state index contributed by atoms with van der Waals surface area (Å²) in [6.07, 6.45) is 2.02. The number of nitrogens with zero attached hydrogens (tertiary/aromatic N) is 2. The predicted molar refractivity (Wildman–Crippen MR) is 61.1 cm³/mol. The van der Waals surface area contributed by atoms with Crippen LogP contribution in [-0.2, 0) is 4.79 Å². The van der Waals surface area contributed by atoms with Gasteiger partial charge in [0.2, 0.25) is 5.91 Å². The zero-order chi connectivity index (χ0) is 11.4. The van der Waals surface area contributed by atoms with E-state index in [1.54, 1.807) is 0 Å². The van der Waals surface area contributed by atoms with Crippen molar-refractivity contribution in [3.05, 3.63) is 0 Å². The Labute approximate surface area is 96.4 Å². The molecule has 2 rings (SSSR count). The van der Waals surface area contributed by atoms with Crippen molar-refractivity contribution in [1.82, 2.24) is 15.1 Å². The van der Waals surface area contributed by atoms with Crippen LogP contribution >= 0.6 is 0 Å². The summed E-state index contributed by atoms with van der Waals surface area (Å²) < 4.78 is 0. The van der Waals surface area contributed by atoms with Gasteiger partial charge in [-0.15, -0.1) is 0 Å². The molecule has 2 heterocycles. The number of rotatable bonds is 3. The van der Waals surface area contributed by atoms with Crippen molar-refractivity contribution in [2.75, 3.05) is 45.9 Å². The van der Waals surface area contributed by atoms with Crippen LogP contribution in [0.15, 0.2) is 0 Å². The van der Waals surface area contributed by atoms with Crippen LogP contribution in [0.3, 0.4) is 0 Å². The minimum atomic E-state index is 0.0187. The fraction of sp³-hybridized carbons (Fsp3) is 0.909. The molecular weight excluding hydrogens is 206 g/mol.